The third-order valence-electron chi connectivity index (χ3n) is 2.17. The second kappa shape index (κ2) is 5.53. The van der Waals surface area contributed by atoms with E-state index < -0.39 is 0 Å². The van der Waals surface area contributed by atoms with Crippen LogP contribution in [-0.2, 0) is 5.75 Å². The van der Waals surface area contributed by atoms with E-state index >= 15 is 0 Å². The molecule has 0 aliphatic carbocycles. The SMILES string of the molecule is NNc1ncccc1CSc1ccccc1. The molecule has 0 saturated heterocycles. The Morgan fingerprint density at radius 3 is 2.69 bits per heavy atom. The van der Waals surface area contributed by atoms with Crippen LogP contribution in [0.1, 0.15) is 5.56 Å². The van der Waals surface area contributed by atoms with E-state index in [1.54, 1.807) is 18.0 Å². The van der Waals surface area contributed by atoms with Gasteiger partial charge in [0.25, 0.3) is 0 Å². The van der Waals surface area contributed by atoms with Gasteiger partial charge >= 0.3 is 0 Å². The van der Waals surface area contributed by atoms with Gasteiger partial charge in [-0.2, -0.15) is 0 Å². The standard InChI is InChI=1S/C12H13N3S/c13-15-12-10(5-4-8-14-12)9-16-11-6-2-1-3-7-11/h1-8H,9,13H2,(H,14,15). The highest BCUT2D eigenvalue weighted by atomic mass is 32.2. The molecule has 4 heteroatoms. The van der Waals surface area contributed by atoms with Crippen LogP contribution in [0.2, 0.25) is 0 Å². The second-order valence-electron chi connectivity index (χ2n) is 3.26. The minimum atomic E-state index is 0.742. The average molecular weight is 231 g/mol. The van der Waals surface area contributed by atoms with Crippen molar-refractivity contribution in [2.75, 3.05) is 5.43 Å². The number of rotatable bonds is 4. The molecule has 0 amide bonds. The van der Waals surface area contributed by atoms with E-state index in [0.29, 0.717) is 0 Å². The molecule has 3 N–H and O–H groups in total. The smallest absolute Gasteiger partial charge is 0.143 e. The maximum absolute atomic E-state index is 5.40. The van der Waals surface area contributed by atoms with Crippen molar-refractivity contribution in [1.29, 1.82) is 0 Å². The van der Waals surface area contributed by atoms with E-state index in [2.05, 4.69) is 22.5 Å². The predicted molar refractivity (Wildman–Crippen MR) is 68.1 cm³/mol. The van der Waals surface area contributed by atoms with Gasteiger partial charge in [-0.3, -0.25) is 0 Å². The van der Waals surface area contributed by atoms with E-state index in [-0.39, 0.29) is 0 Å². The molecule has 0 aliphatic rings. The number of nitrogen functional groups attached to an aromatic ring is 1. The molecule has 0 atom stereocenters. The van der Waals surface area contributed by atoms with Gasteiger partial charge in [0.15, 0.2) is 0 Å². The molecule has 82 valence electrons. The van der Waals surface area contributed by atoms with E-state index in [4.69, 9.17) is 5.84 Å². The average Bonchev–Trinajstić information content (AvgIpc) is 2.38. The number of hydrogen-bond donors (Lipinski definition) is 2. The molecule has 0 radical (unpaired) electrons. The van der Waals surface area contributed by atoms with Crippen molar-refractivity contribution in [3.8, 4) is 0 Å². The first kappa shape index (κ1) is 11.0. The fourth-order valence-corrected chi connectivity index (χ4v) is 2.27. The molecule has 0 unspecified atom stereocenters. The number of benzene rings is 1. The summed E-state index contributed by atoms with van der Waals surface area (Å²) in [6.45, 7) is 0. The van der Waals surface area contributed by atoms with Gasteiger partial charge in [-0.1, -0.05) is 24.3 Å². The molecule has 0 fully saturated rings. The molecule has 0 spiro atoms. The second-order valence-corrected chi connectivity index (χ2v) is 4.31. The van der Waals surface area contributed by atoms with Crippen molar-refractivity contribution in [3.63, 3.8) is 0 Å². The summed E-state index contributed by atoms with van der Waals surface area (Å²) in [5.74, 6) is 7.00. The van der Waals surface area contributed by atoms with Crippen LogP contribution in [0, 0.1) is 0 Å². The number of nitrogens with one attached hydrogen (secondary N) is 1. The normalized spacial score (nSPS) is 10.1. The molecular formula is C12H13N3S. The van der Waals surface area contributed by atoms with Crippen molar-refractivity contribution in [1.82, 2.24) is 4.98 Å². The number of pyridine rings is 1. The summed E-state index contributed by atoms with van der Waals surface area (Å²) < 4.78 is 0. The summed E-state index contributed by atoms with van der Waals surface area (Å²) in [4.78, 5) is 5.40. The van der Waals surface area contributed by atoms with Crippen LogP contribution in [0.5, 0.6) is 0 Å². The highest BCUT2D eigenvalue weighted by Gasteiger charge is 2.01. The van der Waals surface area contributed by atoms with Crippen LogP contribution in [0.4, 0.5) is 5.82 Å². The lowest BCUT2D eigenvalue weighted by atomic mass is 10.3. The Morgan fingerprint density at radius 2 is 1.94 bits per heavy atom. The third-order valence-corrected chi connectivity index (χ3v) is 3.23. The monoisotopic (exact) mass is 231 g/mol. The summed E-state index contributed by atoms with van der Waals surface area (Å²) in [5.41, 5.74) is 3.72. The van der Waals surface area contributed by atoms with Crippen molar-refractivity contribution in [3.05, 3.63) is 54.2 Å². The van der Waals surface area contributed by atoms with Crippen LogP contribution in [0.25, 0.3) is 0 Å². The van der Waals surface area contributed by atoms with E-state index in [0.717, 1.165) is 17.1 Å². The fourth-order valence-electron chi connectivity index (χ4n) is 1.36. The number of nitrogens with two attached hydrogens (primary N) is 1. The molecule has 2 rings (SSSR count). The van der Waals surface area contributed by atoms with E-state index in [9.17, 15) is 0 Å². The van der Waals surface area contributed by atoms with Gasteiger partial charge in [0.1, 0.15) is 5.82 Å². The van der Waals surface area contributed by atoms with Crippen LogP contribution in [0.15, 0.2) is 53.6 Å². The Hall–Kier alpha value is -1.52. The topological polar surface area (TPSA) is 50.9 Å². The molecule has 1 heterocycles. The highest BCUT2D eigenvalue weighted by Crippen LogP contribution is 2.24. The zero-order chi connectivity index (χ0) is 11.2. The lowest BCUT2D eigenvalue weighted by Crippen LogP contribution is -2.10. The van der Waals surface area contributed by atoms with Gasteiger partial charge in [0, 0.05) is 22.4 Å². The number of nitrogens with zero attached hydrogens (tertiary/aromatic N) is 1. The Bertz CT molecular complexity index is 445. The van der Waals surface area contributed by atoms with Gasteiger partial charge in [-0.05, 0) is 18.2 Å². The number of thioether (sulfide) groups is 1. The largest absolute Gasteiger partial charge is 0.308 e. The number of hydrazine groups is 1. The summed E-state index contributed by atoms with van der Waals surface area (Å²) in [6, 6.07) is 14.2. The molecule has 0 aliphatic heterocycles. The molecule has 1 aromatic carbocycles. The fraction of sp³-hybridized carbons (Fsp3) is 0.0833. The van der Waals surface area contributed by atoms with Crippen molar-refractivity contribution >= 4 is 17.6 Å². The molecular weight excluding hydrogens is 218 g/mol. The van der Waals surface area contributed by atoms with Gasteiger partial charge in [-0.25, -0.2) is 10.8 Å². The summed E-state index contributed by atoms with van der Waals surface area (Å²) in [6.07, 6.45) is 1.73. The summed E-state index contributed by atoms with van der Waals surface area (Å²) in [7, 11) is 0. The molecule has 16 heavy (non-hydrogen) atoms. The van der Waals surface area contributed by atoms with Gasteiger partial charge in [-0.15, -0.1) is 11.8 Å². The maximum atomic E-state index is 5.40. The van der Waals surface area contributed by atoms with Crippen LogP contribution in [-0.4, -0.2) is 4.98 Å². The predicted octanol–water partition coefficient (Wildman–Crippen LogP) is 2.66. The Balaban J connectivity index is 2.05. The first-order valence-corrected chi connectivity index (χ1v) is 5.97. The van der Waals surface area contributed by atoms with E-state index in [1.165, 1.54) is 4.90 Å². The number of anilines is 1. The lowest BCUT2D eigenvalue weighted by Gasteiger charge is -2.06. The van der Waals surface area contributed by atoms with Crippen molar-refractivity contribution in [2.24, 2.45) is 5.84 Å². The molecule has 0 bridgehead atoms. The highest BCUT2D eigenvalue weighted by molar-refractivity contribution is 7.98. The first-order valence-electron chi connectivity index (χ1n) is 4.98. The van der Waals surface area contributed by atoms with Crippen molar-refractivity contribution in [2.45, 2.75) is 10.6 Å². The van der Waals surface area contributed by atoms with Gasteiger partial charge in [0.05, 0.1) is 0 Å². The van der Waals surface area contributed by atoms with Crippen LogP contribution < -0.4 is 11.3 Å². The van der Waals surface area contributed by atoms with Crippen LogP contribution >= 0.6 is 11.8 Å². The van der Waals surface area contributed by atoms with Gasteiger partial charge < -0.3 is 5.43 Å². The molecule has 2 aromatic rings. The quantitative estimate of drug-likeness (QED) is 0.482. The zero-order valence-electron chi connectivity index (χ0n) is 8.76. The minimum Gasteiger partial charge on any atom is -0.308 e. The number of aromatic nitrogens is 1. The third kappa shape index (κ3) is 2.74. The van der Waals surface area contributed by atoms with Gasteiger partial charge in [0.2, 0.25) is 0 Å². The zero-order valence-corrected chi connectivity index (χ0v) is 9.58. The Labute approximate surface area is 99.1 Å². The maximum Gasteiger partial charge on any atom is 0.143 e. The van der Waals surface area contributed by atoms with Crippen molar-refractivity contribution < 1.29 is 0 Å². The molecule has 0 saturated carbocycles. The van der Waals surface area contributed by atoms with Crippen LogP contribution in [0.3, 0.4) is 0 Å². The first-order chi connectivity index (χ1) is 7.90. The lowest BCUT2D eigenvalue weighted by molar-refractivity contribution is 1.18. The minimum absolute atomic E-state index is 0.742. The molecule has 1 aromatic heterocycles. The van der Waals surface area contributed by atoms with E-state index in [1.807, 2.05) is 30.3 Å². The number of hydrogen-bond acceptors (Lipinski definition) is 4. The molecule has 3 nitrogen and oxygen atoms in total. The Kier molecular flexibility index (Phi) is 3.80. The Morgan fingerprint density at radius 1 is 1.12 bits per heavy atom. The summed E-state index contributed by atoms with van der Waals surface area (Å²) >= 11 is 1.77. The summed E-state index contributed by atoms with van der Waals surface area (Å²) in [5, 5.41) is 0.